The molecule has 2 fully saturated rings. The van der Waals surface area contributed by atoms with Gasteiger partial charge in [-0.2, -0.15) is 0 Å². The zero-order valence-corrected chi connectivity index (χ0v) is 20.8. The third-order valence-corrected chi connectivity index (χ3v) is 10.1. The molecular weight excluding hydrogens is 424 g/mol. The second-order valence-corrected chi connectivity index (χ2v) is 12.0. The van der Waals surface area contributed by atoms with Crippen LogP contribution in [0.25, 0.3) is 0 Å². The van der Waals surface area contributed by atoms with Crippen molar-refractivity contribution < 1.29 is 19.1 Å². The fourth-order valence-corrected chi connectivity index (χ4v) is 8.31. The molecule has 2 aliphatic heterocycles. The number of fused-ring (bicyclic) bond motifs is 5. The van der Waals surface area contributed by atoms with Crippen molar-refractivity contribution >= 4 is 11.9 Å². The molecule has 178 valence electrons. The molecule has 0 amide bonds. The normalized spacial score (nSPS) is 45.1. The summed E-state index contributed by atoms with van der Waals surface area (Å²) in [6.45, 7) is 17.0. The van der Waals surface area contributed by atoms with Gasteiger partial charge in [-0.05, 0) is 73.3 Å². The molecule has 0 bridgehead atoms. The van der Waals surface area contributed by atoms with E-state index in [-0.39, 0.29) is 34.6 Å². The third-order valence-electron chi connectivity index (χ3n) is 10.1. The van der Waals surface area contributed by atoms with Crippen molar-refractivity contribution in [1.29, 1.82) is 0 Å². The van der Waals surface area contributed by atoms with Crippen molar-refractivity contribution in [2.75, 3.05) is 0 Å². The van der Waals surface area contributed by atoms with Crippen LogP contribution >= 0.6 is 0 Å². The summed E-state index contributed by atoms with van der Waals surface area (Å²) >= 11 is 0. The fourth-order valence-electron chi connectivity index (χ4n) is 8.31. The Balaban J connectivity index is 1.59. The maximum Gasteiger partial charge on any atom is 0.334 e. The lowest BCUT2D eigenvalue weighted by Gasteiger charge is -2.60. The highest BCUT2D eigenvalue weighted by Gasteiger charge is 2.73. The van der Waals surface area contributed by atoms with Crippen LogP contribution < -0.4 is 0 Å². The minimum atomic E-state index is -0.995. The van der Waals surface area contributed by atoms with Crippen LogP contribution in [0.4, 0.5) is 0 Å². The van der Waals surface area contributed by atoms with E-state index in [1.165, 1.54) is 11.1 Å². The minimum absolute atomic E-state index is 0.226. The second kappa shape index (κ2) is 6.53. The average Bonchev–Trinajstić information content (AvgIpc) is 3.16. The Morgan fingerprint density at radius 2 is 1.15 bits per heavy atom. The predicted octanol–water partition coefficient (Wildman–Crippen LogP) is 6.08. The lowest BCUT2D eigenvalue weighted by atomic mass is 9.47. The number of ether oxygens (including phenoxy) is 2. The Hall–Kier alpha value is -2.62. The van der Waals surface area contributed by atoms with Crippen molar-refractivity contribution in [3.05, 3.63) is 70.9 Å². The van der Waals surface area contributed by atoms with Gasteiger partial charge in [0.2, 0.25) is 0 Å². The molecule has 2 heterocycles. The molecule has 34 heavy (non-hydrogen) atoms. The monoisotopic (exact) mass is 458 g/mol. The van der Waals surface area contributed by atoms with Crippen molar-refractivity contribution in [2.24, 2.45) is 22.7 Å². The van der Waals surface area contributed by atoms with Crippen LogP contribution in [0.1, 0.15) is 66.2 Å². The number of rotatable bonds is 1. The molecule has 4 aliphatic carbocycles. The van der Waals surface area contributed by atoms with Gasteiger partial charge >= 0.3 is 11.9 Å². The molecule has 0 radical (unpaired) electrons. The molecule has 0 aromatic carbocycles. The summed E-state index contributed by atoms with van der Waals surface area (Å²) in [4.78, 5) is 26.5. The summed E-state index contributed by atoms with van der Waals surface area (Å²) in [5.74, 6) is -0.0733. The summed E-state index contributed by atoms with van der Waals surface area (Å²) in [6.07, 6.45) is 13.3. The second-order valence-electron chi connectivity index (χ2n) is 12.0. The first-order valence-electron chi connectivity index (χ1n) is 12.5. The zero-order valence-electron chi connectivity index (χ0n) is 20.8. The zero-order chi connectivity index (χ0) is 24.3. The SMILES string of the molecule is C=C1CC=C[C@]2(C)C[C@]3([C@]45C[C@@]6(C)C=CCC(=C)[C@@H]6CC4=C(C)C(=O)O5)OC(=O)C(C)=C3C[C@@H]12. The number of hydrogen-bond acceptors (Lipinski definition) is 4. The van der Waals surface area contributed by atoms with Gasteiger partial charge in [0.1, 0.15) is 0 Å². The van der Waals surface area contributed by atoms with E-state index < -0.39 is 11.2 Å². The molecule has 0 spiro atoms. The van der Waals surface area contributed by atoms with Gasteiger partial charge in [0.15, 0.2) is 11.2 Å². The Kier molecular flexibility index (Phi) is 4.20. The molecule has 0 aromatic rings. The number of carbonyl (C=O) groups is 2. The van der Waals surface area contributed by atoms with Crippen LogP contribution in [-0.4, -0.2) is 23.1 Å². The smallest absolute Gasteiger partial charge is 0.334 e. The topological polar surface area (TPSA) is 52.6 Å². The van der Waals surface area contributed by atoms with Crippen LogP contribution in [0.3, 0.4) is 0 Å². The largest absolute Gasteiger partial charge is 0.446 e. The van der Waals surface area contributed by atoms with E-state index >= 15 is 0 Å². The van der Waals surface area contributed by atoms with Crippen molar-refractivity contribution in [2.45, 2.75) is 77.4 Å². The van der Waals surface area contributed by atoms with Crippen molar-refractivity contribution in [3.8, 4) is 0 Å². The van der Waals surface area contributed by atoms with Crippen LogP contribution in [0.15, 0.2) is 70.9 Å². The van der Waals surface area contributed by atoms with Crippen molar-refractivity contribution in [1.82, 2.24) is 0 Å². The van der Waals surface area contributed by atoms with Gasteiger partial charge in [0, 0.05) is 24.0 Å². The summed E-state index contributed by atoms with van der Waals surface area (Å²) in [5.41, 5.74) is 3.34. The predicted molar refractivity (Wildman–Crippen MR) is 131 cm³/mol. The molecule has 2 saturated carbocycles. The van der Waals surface area contributed by atoms with Crippen LogP contribution in [0, 0.1) is 22.7 Å². The Labute approximate surface area is 202 Å². The van der Waals surface area contributed by atoms with Gasteiger partial charge in [-0.1, -0.05) is 62.5 Å². The first-order valence-corrected chi connectivity index (χ1v) is 12.5. The average molecular weight is 459 g/mol. The summed E-state index contributed by atoms with van der Waals surface area (Å²) < 4.78 is 12.9. The standard InChI is InChI=1S/C30H34O4/c1-17-9-7-11-27(5)15-29(23(13-21(17)27)19(3)25(31)33-29)30-16-28(6)12-8-10-18(2)22(28)14-24(30)20(4)26(32)34-30/h7-8,11-12,21-22H,1-2,9-10,13-16H2,3-6H3/t21-,22-,27+,28+,29-,30-/m0/s1. The third kappa shape index (κ3) is 2.44. The van der Waals surface area contributed by atoms with Gasteiger partial charge < -0.3 is 9.47 Å². The quantitative estimate of drug-likeness (QED) is 0.353. The maximum absolute atomic E-state index is 13.2. The van der Waals surface area contributed by atoms with Crippen molar-refractivity contribution in [3.63, 3.8) is 0 Å². The van der Waals surface area contributed by atoms with Crippen LogP contribution in [0.5, 0.6) is 0 Å². The van der Waals surface area contributed by atoms with E-state index in [9.17, 15) is 9.59 Å². The van der Waals surface area contributed by atoms with E-state index in [2.05, 4.69) is 51.3 Å². The van der Waals surface area contributed by atoms with Gasteiger partial charge in [-0.15, -0.1) is 0 Å². The van der Waals surface area contributed by atoms with E-state index in [1.54, 1.807) is 0 Å². The highest BCUT2D eigenvalue weighted by molar-refractivity contribution is 5.96. The fraction of sp³-hybridized carbons (Fsp3) is 0.533. The molecule has 0 aromatic heterocycles. The number of carbonyl (C=O) groups excluding carboxylic acids is 2. The number of hydrogen-bond donors (Lipinski definition) is 0. The maximum atomic E-state index is 13.2. The molecule has 4 nitrogen and oxygen atoms in total. The highest BCUT2D eigenvalue weighted by atomic mass is 16.6. The van der Waals surface area contributed by atoms with E-state index in [0.717, 1.165) is 24.0 Å². The molecule has 0 N–H and O–H groups in total. The lowest BCUT2D eigenvalue weighted by molar-refractivity contribution is -0.203. The first kappa shape index (κ1) is 21.9. The Morgan fingerprint density at radius 1 is 0.765 bits per heavy atom. The van der Waals surface area contributed by atoms with Gasteiger partial charge in [0.25, 0.3) is 0 Å². The van der Waals surface area contributed by atoms with Gasteiger partial charge in [-0.3, -0.25) is 0 Å². The molecule has 6 atom stereocenters. The number of esters is 2. The Bertz CT molecular complexity index is 1120. The summed E-state index contributed by atoms with van der Waals surface area (Å²) in [5, 5.41) is 0. The summed E-state index contributed by atoms with van der Waals surface area (Å²) in [7, 11) is 0. The van der Waals surface area contributed by atoms with Gasteiger partial charge in [0.05, 0.1) is 0 Å². The highest BCUT2D eigenvalue weighted by Crippen LogP contribution is 2.69. The first-order chi connectivity index (χ1) is 16.0. The molecule has 4 heteroatoms. The molecule has 6 aliphatic rings. The molecule has 6 rings (SSSR count). The Morgan fingerprint density at radius 3 is 1.53 bits per heavy atom. The molecule has 0 unspecified atom stereocenters. The van der Waals surface area contributed by atoms with Crippen LogP contribution in [0.2, 0.25) is 0 Å². The van der Waals surface area contributed by atoms with Gasteiger partial charge in [-0.25, -0.2) is 9.59 Å². The minimum Gasteiger partial charge on any atom is -0.446 e. The lowest BCUT2D eigenvalue weighted by Crippen LogP contribution is -2.65. The van der Waals surface area contributed by atoms with E-state index in [1.807, 2.05) is 13.8 Å². The van der Waals surface area contributed by atoms with Crippen LogP contribution in [-0.2, 0) is 19.1 Å². The van der Waals surface area contributed by atoms with E-state index in [4.69, 9.17) is 9.47 Å². The number of allylic oxidation sites excluding steroid dienone is 6. The summed E-state index contributed by atoms with van der Waals surface area (Å²) in [6, 6.07) is 0. The molecular formula is C30H34O4. The molecule has 0 saturated heterocycles. The van der Waals surface area contributed by atoms with E-state index in [0.29, 0.717) is 36.8 Å².